The molecule has 126 valence electrons. The summed E-state index contributed by atoms with van der Waals surface area (Å²) in [4.78, 5) is 28.3. The van der Waals surface area contributed by atoms with Gasteiger partial charge >= 0.3 is 5.97 Å². The van der Waals surface area contributed by atoms with Crippen LogP contribution in [-0.4, -0.2) is 29.1 Å². The first-order valence-electron chi connectivity index (χ1n) is 7.62. The molecule has 0 bridgehead atoms. The van der Waals surface area contributed by atoms with Crippen molar-refractivity contribution in [3.63, 3.8) is 0 Å². The van der Waals surface area contributed by atoms with Crippen molar-refractivity contribution in [2.24, 2.45) is 11.8 Å². The highest BCUT2D eigenvalue weighted by atomic mass is 32.1. The third kappa shape index (κ3) is 3.26. The van der Waals surface area contributed by atoms with Crippen LogP contribution in [0.1, 0.15) is 19.8 Å². The van der Waals surface area contributed by atoms with Crippen LogP contribution in [0.4, 0.5) is 5.13 Å². The largest absolute Gasteiger partial charge is 0.497 e. The Hall–Kier alpha value is -2.41. The SMILES string of the molecule is COc1ccc2nc(NC(=O)C3CC=C(C)CC3C(=O)O)sc2c1. The normalized spacial score (nSPS) is 20.5. The van der Waals surface area contributed by atoms with Crippen LogP contribution < -0.4 is 10.1 Å². The molecule has 24 heavy (non-hydrogen) atoms. The highest BCUT2D eigenvalue weighted by Crippen LogP contribution is 2.33. The molecule has 2 unspecified atom stereocenters. The van der Waals surface area contributed by atoms with Gasteiger partial charge in [-0.15, -0.1) is 0 Å². The van der Waals surface area contributed by atoms with E-state index in [0.717, 1.165) is 21.5 Å². The highest BCUT2D eigenvalue weighted by Gasteiger charge is 2.35. The lowest BCUT2D eigenvalue weighted by molar-refractivity contribution is -0.146. The summed E-state index contributed by atoms with van der Waals surface area (Å²) in [5, 5.41) is 12.6. The van der Waals surface area contributed by atoms with Gasteiger partial charge in [-0.2, -0.15) is 0 Å². The smallest absolute Gasteiger partial charge is 0.307 e. The maximum atomic E-state index is 12.5. The van der Waals surface area contributed by atoms with E-state index in [1.54, 1.807) is 7.11 Å². The number of aromatic nitrogens is 1. The maximum absolute atomic E-state index is 12.5. The third-order valence-corrected chi connectivity index (χ3v) is 5.16. The molecule has 0 aliphatic heterocycles. The highest BCUT2D eigenvalue weighted by molar-refractivity contribution is 7.22. The summed E-state index contributed by atoms with van der Waals surface area (Å²) in [7, 11) is 1.59. The molecule has 0 radical (unpaired) electrons. The second kappa shape index (κ2) is 6.60. The average Bonchev–Trinajstić information content (AvgIpc) is 2.95. The molecule has 1 amide bonds. The van der Waals surface area contributed by atoms with Crippen molar-refractivity contribution in [3.05, 3.63) is 29.8 Å². The molecular weight excluding hydrogens is 328 g/mol. The van der Waals surface area contributed by atoms with Gasteiger partial charge in [0.05, 0.1) is 29.2 Å². The number of methoxy groups -OCH3 is 1. The van der Waals surface area contributed by atoms with Crippen LogP contribution in [0.15, 0.2) is 29.8 Å². The number of anilines is 1. The molecule has 0 saturated heterocycles. The van der Waals surface area contributed by atoms with Gasteiger partial charge in [-0.3, -0.25) is 9.59 Å². The summed E-state index contributed by atoms with van der Waals surface area (Å²) in [6, 6.07) is 5.49. The van der Waals surface area contributed by atoms with Gasteiger partial charge in [0.2, 0.25) is 5.91 Å². The zero-order valence-corrected chi connectivity index (χ0v) is 14.2. The van der Waals surface area contributed by atoms with Crippen LogP contribution in [0.2, 0.25) is 0 Å². The van der Waals surface area contributed by atoms with E-state index >= 15 is 0 Å². The molecule has 1 aliphatic carbocycles. The van der Waals surface area contributed by atoms with E-state index < -0.39 is 17.8 Å². The lowest BCUT2D eigenvalue weighted by Crippen LogP contribution is -2.35. The van der Waals surface area contributed by atoms with E-state index in [9.17, 15) is 14.7 Å². The molecule has 0 spiro atoms. The van der Waals surface area contributed by atoms with Crippen LogP contribution in [0.3, 0.4) is 0 Å². The van der Waals surface area contributed by atoms with Gasteiger partial charge < -0.3 is 15.2 Å². The summed E-state index contributed by atoms with van der Waals surface area (Å²) in [6.07, 6.45) is 2.78. The van der Waals surface area contributed by atoms with Gasteiger partial charge in [0, 0.05) is 0 Å². The molecule has 1 aromatic carbocycles. The number of aliphatic carboxylic acids is 1. The first kappa shape index (κ1) is 16.4. The van der Waals surface area contributed by atoms with Gasteiger partial charge in [-0.25, -0.2) is 4.98 Å². The van der Waals surface area contributed by atoms with Gasteiger partial charge in [-0.1, -0.05) is 23.0 Å². The number of carbonyl (C=O) groups is 2. The number of carbonyl (C=O) groups excluding carboxylic acids is 1. The molecule has 2 atom stereocenters. The molecule has 2 aromatic rings. The van der Waals surface area contributed by atoms with Crippen LogP contribution >= 0.6 is 11.3 Å². The molecular formula is C17H18N2O4S. The van der Waals surface area contributed by atoms with Crippen LogP contribution in [-0.2, 0) is 9.59 Å². The number of carboxylic acid groups (broad SMARTS) is 1. The topological polar surface area (TPSA) is 88.5 Å². The predicted octanol–water partition coefficient (Wildman–Crippen LogP) is 3.30. The van der Waals surface area contributed by atoms with E-state index in [1.807, 2.05) is 31.2 Å². The molecule has 0 fully saturated rings. The molecule has 3 rings (SSSR count). The van der Waals surface area contributed by atoms with Crippen molar-refractivity contribution in [2.45, 2.75) is 19.8 Å². The Kier molecular flexibility index (Phi) is 4.53. The van der Waals surface area contributed by atoms with Crippen molar-refractivity contribution >= 4 is 38.6 Å². The van der Waals surface area contributed by atoms with Crippen molar-refractivity contribution in [1.82, 2.24) is 4.98 Å². The number of benzene rings is 1. The van der Waals surface area contributed by atoms with Gasteiger partial charge in [0.25, 0.3) is 0 Å². The molecule has 7 heteroatoms. The number of thiazole rings is 1. The molecule has 1 aromatic heterocycles. The number of nitrogens with zero attached hydrogens (tertiary/aromatic N) is 1. The number of carboxylic acids is 1. The first-order chi connectivity index (χ1) is 11.5. The molecule has 2 N–H and O–H groups in total. The number of allylic oxidation sites excluding steroid dienone is 2. The Bertz CT molecular complexity index is 827. The lowest BCUT2D eigenvalue weighted by atomic mass is 9.79. The molecule has 0 saturated carbocycles. The summed E-state index contributed by atoms with van der Waals surface area (Å²) in [6.45, 7) is 1.89. The Labute approximate surface area is 143 Å². The summed E-state index contributed by atoms with van der Waals surface area (Å²) < 4.78 is 6.08. The number of fused-ring (bicyclic) bond motifs is 1. The van der Waals surface area contributed by atoms with Gasteiger partial charge in [-0.05, 0) is 38.0 Å². The maximum Gasteiger partial charge on any atom is 0.307 e. The third-order valence-electron chi connectivity index (χ3n) is 4.23. The van der Waals surface area contributed by atoms with E-state index in [-0.39, 0.29) is 5.91 Å². The quantitative estimate of drug-likeness (QED) is 0.829. The Morgan fingerprint density at radius 1 is 1.38 bits per heavy atom. The van der Waals surface area contributed by atoms with Crippen molar-refractivity contribution in [2.75, 3.05) is 12.4 Å². The van der Waals surface area contributed by atoms with Crippen molar-refractivity contribution < 1.29 is 19.4 Å². The predicted molar refractivity (Wildman–Crippen MR) is 92.4 cm³/mol. The Balaban J connectivity index is 1.80. The Morgan fingerprint density at radius 3 is 2.88 bits per heavy atom. The second-order valence-corrected chi connectivity index (χ2v) is 6.91. The zero-order valence-electron chi connectivity index (χ0n) is 13.4. The second-order valence-electron chi connectivity index (χ2n) is 5.88. The van der Waals surface area contributed by atoms with E-state index in [0.29, 0.717) is 18.0 Å². The minimum absolute atomic E-state index is 0.294. The number of nitrogens with one attached hydrogen (secondary N) is 1. The monoisotopic (exact) mass is 346 g/mol. The number of amides is 1. The molecule has 1 aliphatic rings. The molecule has 6 nitrogen and oxygen atoms in total. The number of ether oxygens (including phenoxy) is 1. The van der Waals surface area contributed by atoms with E-state index in [1.165, 1.54) is 11.3 Å². The lowest BCUT2D eigenvalue weighted by Gasteiger charge is -2.26. The first-order valence-corrected chi connectivity index (χ1v) is 8.43. The summed E-state index contributed by atoms with van der Waals surface area (Å²) in [5.74, 6) is -1.77. The standard InChI is InChI=1S/C17H18N2O4S/c1-9-3-5-11(12(7-9)16(21)22)15(20)19-17-18-13-6-4-10(23-2)8-14(13)24-17/h3-4,6,8,11-12H,5,7H2,1-2H3,(H,21,22)(H,18,19,20). The van der Waals surface area contributed by atoms with Crippen LogP contribution in [0.5, 0.6) is 5.75 Å². The average molecular weight is 346 g/mol. The fourth-order valence-electron chi connectivity index (χ4n) is 2.90. The van der Waals surface area contributed by atoms with Crippen LogP contribution in [0.25, 0.3) is 10.2 Å². The summed E-state index contributed by atoms with van der Waals surface area (Å²) >= 11 is 1.34. The Morgan fingerprint density at radius 2 is 2.17 bits per heavy atom. The fourth-order valence-corrected chi connectivity index (χ4v) is 3.79. The minimum atomic E-state index is -0.934. The van der Waals surface area contributed by atoms with E-state index in [4.69, 9.17) is 4.74 Å². The molecule has 1 heterocycles. The number of rotatable bonds is 4. The minimum Gasteiger partial charge on any atom is -0.497 e. The van der Waals surface area contributed by atoms with E-state index in [2.05, 4.69) is 10.3 Å². The van der Waals surface area contributed by atoms with Crippen LogP contribution in [0, 0.1) is 11.8 Å². The number of hydrogen-bond acceptors (Lipinski definition) is 5. The van der Waals surface area contributed by atoms with Gasteiger partial charge in [0.1, 0.15) is 5.75 Å². The van der Waals surface area contributed by atoms with Crippen molar-refractivity contribution in [1.29, 1.82) is 0 Å². The van der Waals surface area contributed by atoms with Crippen molar-refractivity contribution in [3.8, 4) is 5.75 Å². The van der Waals surface area contributed by atoms with Gasteiger partial charge in [0.15, 0.2) is 5.13 Å². The number of hydrogen-bond donors (Lipinski definition) is 2. The summed E-state index contributed by atoms with van der Waals surface area (Å²) in [5.41, 5.74) is 1.78. The fraction of sp³-hybridized carbons (Fsp3) is 0.353. The zero-order chi connectivity index (χ0) is 17.3.